The Bertz CT molecular complexity index is 521. The van der Waals surface area contributed by atoms with Crippen LogP contribution in [0.4, 0.5) is 24.9 Å². The Morgan fingerprint density at radius 2 is 1.95 bits per heavy atom. The van der Waals surface area contributed by atoms with Crippen molar-refractivity contribution in [3.63, 3.8) is 0 Å². The number of hydrogen-bond donors (Lipinski definition) is 2. The number of halogens is 3. The van der Waals surface area contributed by atoms with E-state index in [1.165, 1.54) is 25.7 Å². The molecule has 0 unspecified atom stereocenters. The maximum Gasteiger partial charge on any atom is 0.433 e. The van der Waals surface area contributed by atoms with Crippen molar-refractivity contribution in [3.8, 4) is 0 Å². The molecule has 21 heavy (non-hydrogen) atoms. The zero-order valence-corrected chi connectivity index (χ0v) is 11.9. The number of nitrogens with zero attached hydrogens (tertiary/aromatic N) is 2. The number of nitrogens with one attached hydrogen (secondary N) is 2. The highest BCUT2D eigenvalue weighted by atomic mass is 19.4. The van der Waals surface area contributed by atoms with Gasteiger partial charge < -0.3 is 10.6 Å². The molecule has 0 aliphatic heterocycles. The Morgan fingerprint density at radius 1 is 1.24 bits per heavy atom. The van der Waals surface area contributed by atoms with Gasteiger partial charge in [0, 0.05) is 19.2 Å². The number of aromatic nitrogens is 2. The van der Waals surface area contributed by atoms with Crippen molar-refractivity contribution >= 4 is 11.8 Å². The molecule has 1 aromatic rings. The van der Waals surface area contributed by atoms with E-state index in [0.29, 0.717) is 18.5 Å². The first-order valence-corrected chi connectivity index (χ1v) is 7.37. The lowest BCUT2D eigenvalue weighted by molar-refractivity contribution is -0.141. The van der Waals surface area contributed by atoms with E-state index in [4.69, 9.17) is 0 Å². The summed E-state index contributed by atoms with van der Waals surface area (Å²) in [5.74, 6) is 1.02. The topological polar surface area (TPSA) is 49.8 Å². The predicted octanol–water partition coefficient (Wildman–Crippen LogP) is 3.53. The van der Waals surface area contributed by atoms with Gasteiger partial charge in [-0.1, -0.05) is 0 Å². The van der Waals surface area contributed by atoms with Gasteiger partial charge in [-0.15, -0.1) is 0 Å². The lowest BCUT2D eigenvalue weighted by atomic mass is 10.0. The Kier molecular flexibility index (Phi) is 3.45. The summed E-state index contributed by atoms with van der Waals surface area (Å²) < 4.78 is 38.6. The van der Waals surface area contributed by atoms with Crippen molar-refractivity contribution < 1.29 is 13.2 Å². The fourth-order valence-electron chi connectivity index (χ4n) is 2.77. The number of alkyl halides is 3. The second-order valence-electron chi connectivity index (χ2n) is 5.98. The van der Waals surface area contributed by atoms with Gasteiger partial charge in [0.2, 0.25) is 5.95 Å². The van der Waals surface area contributed by atoms with E-state index < -0.39 is 11.9 Å². The van der Waals surface area contributed by atoms with Crippen LogP contribution in [0.2, 0.25) is 0 Å². The molecule has 116 valence electrons. The van der Waals surface area contributed by atoms with Crippen LogP contribution >= 0.6 is 0 Å². The Labute approximate surface area is 121 Å². The highest BCUT2D eigenvalue weighted by molar-refractivity contribution is 5.43. The van der Waals surface area contributed by atoms with Crippen molar-refractivity contribution in [2.45, 2.75) is 38.8 Å². The molecular formula is C14H19F3N4. The van der Waals surface area contributed by atoms with Gasteiger partial charge in [0.15, 0.2) is 5.69 Å². The molecule has 2 fully saturated rings. The Balaban J connectivity index is 1.75. The van der Waals surface area contributed by atoms with Crippen LogP contribution in [0.5, 0.6) is 0 Å². The minimum Gasteiger partial charge on any atom is -0.369 e. The molecule has 0 aromatic carbocycles. The normalized spacial score (nSPS) is 20.2. The van der Waals surface area contributed by atoms with Gasteiger partial charge in [0.1, 0.15) is 5.82 Å². The van der Waals surface area contributed by atoms with Crippen molar-refractivity contribution in [2.75, 3.05) is 23.7 Å². The molecule has 0 spiro atoms. The smallest absolute Gasteiger partial charge is 0.369 e. The SMILES string of the molecule is CCNc1nc(NCC2(C3CC3)CC2)cc(C(F)(F)F)n1. The molecule has 0 bridgehead atoms. The van der Waals surface area contributed by atoms with Gasteiger partial charge in [0.05, 0.1) is 0 Å². The molecule has 2 aliphatic carbocycles. The summed E-state index contributed by atoms with van der Waals surface area (Å²) in [6, 6.07) is 0.990. The molecular weight excluding hydrogens is 281 g/mol. The molecule has 2 aliphatic rings. The van der Waals surface area contributed by atoms with E-state index in [1.807, 2.05) is 0 Å². The van der Waals surface area contributed by atoms with Crippen LogP contribution in [-0.2, 0) is 6.18 Å². The molecule has 0 amide bonds. The number of anilines is 2. The third-order valence-corrected chi connectivity index (χ3v) is 4.31. The van der Waals surface area contributed by atoms with Crippen molar-refractivity contribution in [2.24, 2.45) is 11.3 Å². The van der Waals surface area contributed by atoms with E-state index in [0.717, 1.165) is 12.0 Å². The lowest BCUT2D eigenvalue weighted by Gasteiger charge is -2.17. The van der Waals surface area contributed by atoms with Crippen molar-refractivity contribution in [1.82, 2.24) is 9.97 Å². The van der Waals surface area contributed by atoms with Gasteiger partial charge in [0.25, 0.3) is 0 Å². The van der Waals surface area contributed by atoms with Crippen LogP contribution in [0.25, 0.3) is 0 Å². The summed E-state index contributed by atoms with van der Waals surface area (Å²) in [4.78, 5) is 7.63. The molecule has 4 nitrogen and oxygen atoms in total. The zero-order chi connectivity index (χ0) is 15.1. The van der Waals surface area contributed by atoms with Crippen LogP contribution in [0.3, 0.4) is 0 Å². The van der Waals surface area contributed by atoms with Crippen molar-refractivity contribution in [3.05, 3.63) is 11.8 Å². The van der Waals surface area contributed by atoms with Crippen LogP contribution in [-0.4, -0.2) is 23.1 Å². The fraction of sp³-hybridized carbons (Fsp3) is 0.714. The third-order valence-electron chi connectivity index (χ3n) is 4.31. The maximum atomic E-state index is 12.9. The monoisotopic (exact) mass is 300 g/mol. The average Bonchev–Trinajstić information content (AvgIpc) is 3.27. The van der Waals surface area contributed by atoms with E-state index >= 15 is 0 Å². The molecule has 1 aromatic heterocycles. The molecule has 7 heteroatoms. The lowest BCUT2D eigenvalue weighted by Crippen LogP contribution is -2.20. The first kappa shape index (κ1) is 14.4. The van der Waals surface area contributed by atoms with Gasteiger partial charge in [-0.05, 0) is 43.9 Å². The minimum absolute atomic E-state index is 0.0195. The minimum atomic E-state index is -4.46. The first-order chi connectivity index (χ1) is 9.93. The predicted molar refractivity (Wildman–Crippen MR) is 74.1 cm³/mol. The van der Waals surface area contributed by atoms with E-state index in [2.05, 4.69) is 20.6 Å². The molecule has 0 atom stereocenters. The highest BCUT2D eigenvalue weighted by Gasteiger charge is 2.53. The molecule has 0 radical (unpaired) electrons. The van der Waals surface area contributed by atoms with E-state index in [-0.39, 0.29) is 11.8 Å². The van der Waals surface area contributed by atoms with Crippen LogP contribution in [0.15, 0.2) is 6.07 Å². The summed E-state index contributed by atoms with van der Waals surface area (Å²) in [7, 11) is 0. The summed E-state index contributed by atoms with van der Waals surface area (Å²) in [5, 5.41) is 5.84. The van der Waals surface area contributed by atoms with Gasteiger partial charge >= 0.3 is 6.18 Å². The van der Waals surface area contributed by atoms with E-state index in [9.17, 15) is 13.2 Å². The van der Waals surface area contributed by atoms with Crippen LogP contribution in [0, 0.1) is 11.3 Å². The number of rotatable bonds is 6. The first-order valence-electron chi connectivity index (χ1n) is 7.37. The zero-order valence-electron chi connectivity index (χ0n) is 11.9. The Morgan fingerprint density at radius 3 is 2.48 bits per heavy atom. The molecule has 0 saturated heterocycles. The highest BCUT2D eigenvalue weighted by Crippen LogP contribution is 2.61. The second kappa shape index (κ2) is 5.03. The van der Waals surface area contributed by atoms with Crippen LogP contribution < -0.4 is 10.6 Å². The molecule has 2 N–H and O–H groups in total. The quantitative estimate of drug-likeness (QED) is 0.844. The van der Waals surface area contributed by atoms with Crippen LogP contribution in [0.1, 0.15) is 38.3 Å². The largest absolute Gasteiger partial charge is 0.433 e. The fourth-order valence-corrected chi connectivity index (χ4v) is 2.77. The molecule has 2 saturated carbocycles. The summed E-state index contributed by atoms with van der Waals surface area (Å²) in [5.41, 5.74) is -0.603. The molecule has 3 rings (SSSR count). The summed E-state index contributed by atoms with van der Waals surface area (Å²) in [6.45, 7) is 2.98. The average molecular weight is 300 g/mol. The Hall–Kier alpha value is -1.53. The van der Waals surface area contributed by atoms with Gasteiger partial charge in [-0.3, -0.25) is 0 Å². The number of hydrogen-bond acceptors (Lipinski definition) is 4. The standard InChI is InChI=1S/C14H19F3N4/c1-2-18-12-20-10(14(15,16)17)7-11(21-12)19-8-13(5-6-13)9-3-4-9/h7,9H,2-6,8H2,1H3,(H2,18,19,20,21). The molecule has 1 heterocycles. The van der Waals surface area contributed by atoms with E-state index in [1.54, 1.807) is 6.92 Å². The third kappa shape index (κ3) is 3.22. The summed E-state index contributed by atoms with van der Waals surface area (Å²) in [6.07, 6.45) is 0.380. The summed E-state index contributed by atoms with van der Waals surface area (Å²) >= 11 is 0. The van der Waals surface area contributed by atoms with Gasteiger partial charge in [-0.25, -0.2) is 4.98 Å². The maximum absolute atomic E-state index is 12.9. The second-order valence-corrected chi connectivity index (χ2v) is 5.98. The van der Waals surface area contributed by atoms with Gasteiger partial charge in [-0.2, -0.15) is 18.2 Å². The van der Waals surface area contributed by atoms with Crippen molar-refractivity contribution in [1.29, 1.82) is 0 Å².